The van der Waals surface area contributed by atoms with E-state index in [1.54, 1.807) is 11.8 Å². The Kier molecular flexibility index (Phi) is 6.79. The molecule has 0 aromatic heterocycles. The standard InChI is InChI=1S/C22H27N3O3/c1-16(22(27)28-2)14-25(15-17-9-5-3-6-10-17)21(26)20-13-19(23-24-20)18-11-7-4-8-12-18/h3-12,16,19-20,23-24H,13-15H2,1-2H3. The van der Waals surface area contributed by atoms with Crippen molar-refractivity contribution in [2.24, 2.45) is 5.92 Å². The number of carbonyl (C=O) groups is 2. The Hall–Kier alpha value is -2.70. The normalized spacial score (nSPS) is 19.8. The van der Waals surface area contributed by atoms with Crippen LogP contribution in [0.15, 0.2) is 60.7 Å². The minimum Gasteiger partial charge on any atom is -0.469 e. The van der Waals surface area contributed by atoms with Crippen molar-refractivity contribution in [1.82, 2.24) is 15.8 Å². The molecule has 3 unspecified atom stereocenters. The second kappa shape index (κ2) is 9.48. The summed E-state index contributed by atoms with van der Waals surface area (Å²) in [6.45, 7) is 2.55. The quantitative estimate of drug-likeness (QED) is 0.721. The number of amides is 1. The molecule has 0 bridgehead atoms. The molecule has 3 rings (SSSR count). The van der Waals surface area contributed by atoms with Gasteiger partial charge >= 0.3 is 5.97 Å². The Bertz CT molecular complexity index is 782. The summed E-state index contributed by atoms with van der Waals surface area (Å²) in [4.78, 5) is 26.9. The van der Waals surface area contributed by atoms with E-state index < -0.39 is 5.92 Å². The topological polar surface area (TPSA) is 70.7 Å². The number of benzene rings is 2. The van der Waals surface area contributed by atoms with Gasteiger partial charge in [-0.25, -0.2) is 10.9 Å². The van der Waals surface area contributed by atoms with Crippen LogP contribution in [-0.4, -0.2) is 36.5 Å². The molecule has 2 aromatic rings. The summed E-state index contributed by atoms with van der Waals surface area (Å²) in [7, 11) is 1.37. The van der Waals surface area contributed by atoms with Gasteiger partial charge in [0.15, 0.2) is 0 Å². The fourth-order valence-corrected chi connectivity index (χ4v) is 3.48. The molecule has 0 saturated carbocycles. The van der Waals surface area contributed by atoms with Crippen LogP contribution in [0.2, 0.25) is 0 Å². The fourth-order valence-electron chi connectivity index (χ4n) is 3.48. The van der Waals surface area contributed by atoms with Crippen molar-refractivity contribution in [3.63, 3.8) is 0 Å². The van der Waals surface area contributed by atoms with Gasteiger partial charge in [0, 0.05) is 19.1 Å². The summed E-state index contributed by atoms with van der Waals surface area (Å²) in [5, 5.41) is 0. The zero-order valence-electron chi connectivity index (χ0n) is 16.3. The molecule has 0 spiro atoms. The van der Waals surface area contributed by atoms with Gasteiger partial charge in [0.1, 0.15) is 6.04 Å². The third-order valence-electron chi connectivity index (χ3n) is 5.03. The largest absolute Gasteiger partial charge is 0.469 e. The smallest absolute Gasteiger partial charge is 0.310 e. The Morgan fingerprint density at radius 1 is 1.07 bits per heavy atom. The molecule has 0 radical (unpaired) electrons. The van der Waals surface area contributed by atoms with Crippen LogP contribution in [-0.2, 0) is 20.9 Å². The molecule has 1 aliphatic heterocycles. The van der Waals surface area contributed by atoms with Crippen LogP contribution in [0.4, 0.5) is 0 Å². The van der Waals surface area contributed by atoms with E-state index in [0.717, 1.165) is 11.1 Å². The second-order valence-corrected chi connectivity index (χ2v) is 7.17. The average molecular weight is 381 g/mol. The third kappa shape index (κ3) is 4.97. The summed E-state index contributed by atoms with van der Waals surface area (Å²) in [5.74, 6) is -0.729. The Balaban J connectivity index is 1.71. The van der Waals surface area contributed by atoms with E-state index >= 15 is 0 Å². The molecular formula is C22H27N3O3. The van der Waals surface area contributed by atoms with Gasteiger partial charge in [0.2, 0.25) is 5.91 Å². The molecule has 1 saturated heterocycles. The first-order valence-corrected chi connectivity index (χ1v) is 9.55. The molecule has 2 N–H and O–H groups in total. The van der Waals surface area contributed by atoms with Crippen LogP contribution < -0.4 is 10.9 Å². The van der Waals surface area contributed by atoms with E-state index in [-0.39, 0.29) is 24.0 Å². The number of hydrazine groups is 1. The van der Waals surface area contributed by atoms with E-state index in [9.17, 15) is 9.59 Å². The molecule has 1 fully saturated rings. The van der Waals surface area contributed by atoms with Crippen molar-refractivity contribution in [1.29, 1.82) is 0 Å². The Morgan fingerprint density at radius 3 is 2.36 bits per heavy atom. The van der Waals surface area contributed by atoms with E-state index in [1.165, 1.54) is 7.11 Å². The molecule has 6 nitrogen and oxygen atoms in total. The Morgan fingerprint density at radius 2 is 1.71 bits per heavy atom. The van der Waals surface area contributed by atoms with Crippen molar-refractivity contribution in [3.8, 4) is 0 Å². The van der Waals surface area contributed by atoms with Gasteiger partial charge in [-0.3, -0.25) is 9.59 Å². The molecular weight excluding hydrogens is 354 g/mol. The summed E-state index contributed by atoms with van der Waals surface area (Å²) in [6, 6.07) is 19.6. The van der Waals surface area contributed by atoms with Crippen LogP contribution in [0.1, 0.15) is 30.5 Å². The first-order valence-electron chi connectivity index (χ1n) is 9.55. The lowest BCUT2D eigenvalue weighted by Gasteiger charge is -2.27. The molecule has 3 atom stereocenters. The van der Waals surface area contributed by atoms with Crippen molar-refractivity contribution in [2.75, 3.05) is 13.7 Å². The number of hydrogen-bond donors (Lipinski definition) is 2. The maximum absolute atomic E-state index is 13.2. The van der Waals surface area contributed by atoms with Crippen molar-refractivity contribution >= 4 is 11.9 Å². The fraction of sp³-hybridized carbons (Fsp3) is 0.364. The van der Waals surface area contributed by atoms with Gasteiger partial charge in [-0.2, -0.15) is 0 Å². The van der Waals surface area contributed by atoms with Gasteiger partial charge in [-0.15, -0.1) is 0 Å². The maximum Gasteiger partial charge on any atom is 0.310 e. The summed E-state index contributed by atoms with van der Waals surface area (Å²) >= 11 is 0. The lowest BCUT2D eigenvalue weighted by molar-refractivity contribution is -0.146. The number of nitrogens with zero attached hydrogens (tertiary/aromatic N) is 1. The van der Waals surface area contributed by atoms with Crippen molar-refractivity contribution in [2.45, 2.75) is 32.0 Å². The number of esters is 1. The monoisotopic (exact) mass is 381 g/mol. The maximum atomic E-state index is 13.2. The van der Waals surface area contributed by atoms with Crippen molar-refractivity contribution < 1.29 is 14.3 Å². The zero-order valence-corrected chi connectivity index (χ0v) is 16.3. The molecule has 148 valence electrons. The predicted molar refractivity (Wildman–Crippen MR) is 107 cm³/mol. The van der Waals surface area contributed by atoms with Crippen LogP contribution in [0, 0.1) is 5.92 Å². The van der Waals surface area contributed by atoms with Crippen LogP contribution >= 0.6 is 0 Å². The van der Waals surface area contributed by atoms with Crippen LogP contribution in [0.3, 0.4) is 0 Å². The summed E-state index contributed by atoms with van der Waals surface area (Å²) in [5.41, 5.74) is 8.52. The molecule has 1 heterocycles. The summed E-state index contributed by atoms with van der Waals surface area (Å²) in [6.07, 6.45) is 0.654. The van der Waals surface area contributed by atoms with E-state index in [2.05, 4.69) is 10.9 Å². The van der Waals surface area contributed by atoms with Gasteiger partial charge in [-0.05, 0) is 17.5 Å². The minimum atomic E-state index is -0.392. The molecule has 2 aromatic carbocycles. The molecule has 1 amide bonds. The first-order chi connectivity index (χ1) is 13.6. The number of methoxy groups -OCH3 is 1. The molecule has 0 aliphatic carbocycles. The zero-order chi connectivity index (χ0) is 19.9. The van der Waals surface area contributed by atoms with Gasteiger partial charge in [0.05, 0.1) is 13.0 Å². The average Bonchev–Trinajstić information content (AvgIpc) is 3.23. The second-order valence-electron chi connectivity index (χ2n) is 7.17. The third-order valence-corrected chi connectivity index (χ3v) is 5.03. The first kappa shape index (κ1) is 20.0. The highest BCUT2D eigenvalue weighted by Gasteiger charge is 2.34. The SMILES string of the molecule is COC(=O)C(C)CN(Cc1ccccc1)C(=O)C1CC(c2ccccc2)NN1. The highest BCUT2D eigenvalue weighted by Crippen LogP contribution is 2.23. The molecule has 1 aliphatic rings. The van der Waals surface area contributed by atoms with Crippen LogP contribution in [0.5, 0.6) is 0 Å². The predicted octanol–water partition coefficient (Wildman–Crippen LogP) is 2.43. The van der Waals surface area contributed by atoms with Gasteiger partial charge in [-0.1, -0.05) is 67.6 Å². The highest BCUT2D eigenvalue weighted by atomic mass is 16.5. The number of nitrogens with one attached hydrogen (secondary N) is 2. The Labute approximate surface area is 165 Å². The van der Waals surface area contributed by atoms with E-state index in [1.807, 2.05) is 60.7 Å². The lowest BCUT2D eigenvalue weighted by atomic mass is 10.0. The van der Waals surface area contributed by atoms with Gasteiger partial charge < -0.3 is 9.64 Å². The minimum absolute atomic E-state index is 0.0227. The van der Waals surface area contributed by atoms with Crippen LogP contribution in [0.25, 0.3) is 0 Å². The number of hydrogen-bond acceptors (Lipinski definition) is 5. The van der Waals surface area contributed by atoms with E-state index in [4.69, 9.17) is 4.74 Å². The number of ether oxygens (including phenoxy) is 1. The highest BCUT2D eigenvalue weighted by molar-refractivity contribution is 5.83. The number of carbonyl (C=O) groups excluding carboxylic acids is 2. The van der Waals surface area contributed by atoms with Gasteiger partial charge in [0.25, 0.3) is 0 Å². The number of rotatable bonds is 7. The summed E-state index contributed by atoms with van der Waals surface area (Å²) < 4.78 is 4.84. The molecule has 28 heavy (non-hydrogen) atoms. The molecule has 6 heteroatoms. The lowest BCUT2D eigenvalue weighted by Crippen LogP contribution is -2.47. The van der Waals surface area contributed by atoms with E-state index in [0.29, 0.717) is 19.5 Å². The van der Waals surface area contributed by atoms with Crippen molar-refractivity contribution in [3.05, 3.63) is 71.8 Å².